The summed E-state index contributed by atoms with van der Waals surface area (Å²) >= 11 is 0. The molecule has 4 aromatic rings. The van der Waals surface area contributed by atoms with Gasteiger partial charge in [0, 0.05) is 22.9 Å². The number of rotatable bonds is 6. The van der Waals surface area contributed by atoms with Gasteiger partial charge in [0.25, 0.3) is 0 Å². The predicted octanol–water partition coefficient (Wildman–Crippen LogP) is 10.7. The Balaban J connectivity index is 1.15. The van der Waals surface area contributed by atoms with Crippen molar-refractivity contribution in [1.29, 1.82) is 0 Å². The lowest BCUT2D eigenvalue weighted by Gasteiger charge is -2.43. The topological polar surface area (TPSA) is 42.9 Å². The van der Waals surface area contributed by atoms with E-state index >= 15 is 0 Å². The van der Waals surface area contributed by atoms with Crippen LogP contribution in [0.25, 0.3) is 5.57 Å². The second-order valence-electron chi connectivity index (χ2n) is 16.5. The molecule has 0 aromatic heterocycles. The molecule has 0 fully saturated rings. The molecule has 0 saturated carbocycles. The zero-order chi connectivity index (χ0) is 39.2. The first-order valence-electron chi connectivity index (χ1n) is 20.8. The minimum atomic E-state index is -0.494. The molecule has 0 amide bonds. The fourth-order valence-corrected chi connectivity index (χ4v) is 10.3. The monoisotopic (exact) mass is 755 g/mol. The molecule has 58 heavy (non-hydrogen) atoms. The number of benzene rings is 4. The summed E-state index contributed by atoms with van der Waals surface area (Å²) in [5.41, 5.74) is 11.7. The largest absolute Gasteiger partial charge is 0.356 e. The van der Waals surface area contributed by atoms with Crippen LogP contribution in [0, 0.1) is 23.7 Å². The molecule has 286 valence electrons. The Hall–Kier alpha value is -6.35. The van der Waals surface area contributed by atoms with Gasteiger partial charge in [-0.2, -0.15) is 0 Å². The number of hydrogen-bond donors (Lipinski definition) is 2. The van der Waals surface area contributed by atoms with Crippen LogP contribution in [0.3, 0.4) is 0 Å². The van der Waals surface area contributed by atoms with Gasteiger partial charge in [0.2, 0.25) is 0 Å². The highest BCUT2D eigenvalue weighted by Gasteiger charge is 2.48. The summed E-state index contributed by atoms with van der Waals surface area (Å²) in [5.74, 6) is 4.73. The van der Waals surface area contributed by atoms with Gasteiger partial charge in [-0.3, -0.25) is 10.2 Å². The van der Waals surface area contributed by atoms with Gasteiger partial charge in [0.15, 0.2) is 6.29 Å². The molecule has 6 aliphatic rings. The van der Waals surface area contributed by atoms with Crippen molar-refractivity contribution < 1.29 is 0 Å². The summed E-state index contributed by atoms with van der Waals surface area (Å²) < 4.78 is 0. The lowest BCUT2D eigenvalue weighted by Crippen LogP contribution is -2.56. The maximum Gasteiger partial charge on any atom is 0.185 e. The van der Waals surface area contributed by atoms with Crippen LogP contribution in [-0.2, 0) is 0 Å². The Morgan fingerprint density at radius 1 is 0.862 bits per heavy atom. The summed E-state index contributed by atoms with van der Waals surface area (Å²) in [4.78, 5) is 10.6. The van der Waals surface area contributed by atoms with Gasteiger partial charge in [-0.05, 0) is 83.1 Å². The Labute approximate surface area is 343 Å². The van der Waals surface area contributed by atoms with Crippen LogP contribution >= 0.6 is 0 Å². The van der Waals surface area contributed by atoms with Crippen molar-refractivity contribution in [2.24, 2.45) is 16.3 Å². The molecule has 0 radical (unpaired) electrons. The van der Waals surface area contributed by atoms with Crippen LogP contribution in [0.15, 0.2) is 192 Å². The van der Waals surface area contributed by atoms with E-state index in [1.54, 1.807) is 0 Å². The number of terminal acetylenes is 1. The fraction of sp³-hybridized carbons (Fsp3) is 0.226. The van der Waals surface area contributed by atoms with Crippen molar-refractivity contribution >= 4 is 22.8 Å². The quantitative estimate of drug-likeness (QED) is 0.192. The van der Waals surface area contributed by atoms with Crippen LogP contribution in [0.2, 0.25) is 0 Å². The van der Waals surface area contributed by atoms with Crippen molar-refractivity contribution in [3.05, 3.63) is 209 Å². The summed E-state index contributed by atoms with van der Waals surface area (Å²) in [6.07, 6.45) is 31.9. The smallest absolute Gasteiger partial charge is 0.185 e. The summed E-state index contributed by atoms with van der Waals surface area (Å²) in [6, 6.07) is 39.3. The number of anilines is 2. The van der Waals surface area contributed by atoms with Gasteiger partial charge in [-0.1, -0.05) is 171 Å². The highest BCUT2D eigenvalue weighted by atomic mass is 15.4. The normalized spacial score (nSPS) is 28.3. The average Bonchev–Trinajstić information content (AvgIpc) is 3.56. The molecule has 0 saturated heterocycles. The highest BCUT2D eigenvalue weighted by Crippen LogP contribution is 2.54. The Kier molecular flexibility index (Phi) is 9.23. The standard InChI is InChI=1S/C53H49N5/c1-4-19-44-45(5-2)58(52-55-50(37-22-10-7-11-23-37)54-51(56-52)39-31-32-40-25-16-17-33-53(40,3)35-39)47-30-15-13-28-43(47)48-42-27-12-14-29-46(42)57(49(44)48)41-26-18-24-38(34-41)36-20-8-6-9-21-36/h2,4,6-25,27-31,33-34,40-41,48-50,52,55H,26,32,35H2,1,3H3,(H,54,56)/b19-4-. The zero-order valence-electron chi connectivity index (χ0n) is 33.2. The minimum Gasteiger partial charge on any atom is -0.356 e. The summed E-state index contributed by atoms with van der Waals surface area (Å²) in [6.45, 7) is 4.49. The number of allylic oxidation sites excluding steroid dienone is 9. The van der Waals surface area contributed by atoms with E-state index in [1.165, 1.54) is 33.5 Å². The molecule has 3 heterocycles. The van der Waals surface area contributed by atoms with E-state index in [0.29, 0.717) is 5.92 Å². The van der Waals surface area contributed by atoms with Crippen LogP contribution in [0.1, 0.15) is 67.4 Å². The molecule has 7 unspecified atom stereocenters. The number of aliphatic imine (C=N–C) groups is 1. The van der Waals surface area contributed by atoms with Crippen LogP contribution < -0.4 is 20.4 Å². The van der Waals surface area contributed by atoms with Gasteiger partial charge >= 0.3 is 0 Å². The van der Waals surface area contributed by atoms with Gasteiger partial charge in [0.05, 0.1) is 12.1 Å². The van der Waals surface area contributed by atoms with Crippen LogP contribution in [0.5, 0.6) is 0 Å². The van der Waals surface area contributed by atoms with Gasteiger partial charge in [-0.25, -0.2) is 4.99 Å². The summed E-state index contributed by atoms with van der Waals surface area (Å²) in [7, 11) is 0. The summed E-state index contributed by atoms with van der Waals surface area (Å²) in [5, 5.41) is 7.79. The molecule has 10 rings (SSSR count). The van der Waals surface area contributed by atoms with Crippen molar-refractivity contribution in [3.8, 4) is 12.3 Å². The minimum absolute atomic E-state index is 0.0290. The van der Waals surface area contributed by atoms with E-state index in [9.17, 15) is 0 Å². The third-order valence-corrected chi connectivity index (χ3v) is 13.0. The molecular weight excluding hydrogens is 707 g/mol. The number of hydrogen-bond acceptors (Lipinski definition) is 5. The lowest BCUT2D eigenvalue weighted by molar-refractivity contribution is 0.290. The molecule has 2 N–H and O–H groups in total. The lowest BCUT2D eigenvalue weighted by atomic mass is 9.66. The Morgan fingerprint density at radius 2 is 1.59 bits per heavy atom. The van der Waals surface area contributed by atoms with E-state index < -0.39 is 6.29 Å². The second-order valence-corrected chi connectivity index (χ2v) is 16.5. The third-order valence-electron chi connectivity index (χ3n) is 13.0. The van der Waals surface area contributed by atoms with Crippen LogP contribution in [0.4, 0.5) is 11.4 Å². The third kappa shape index (κ3) is 6.11. The van der Waals surface area contributed by atoms with Gasteiger partial charge < -0.3 is 10.2 Å². The number of para-hydroxylation sites is 2. The molecule has 3 aliphatic heterocycles. The van der Waals surface area contributed by atoms with Gasteiger partial charge in [-0.15, -0.1) is 6.42 Å². The number of nitrogens with one attached hydrogen (secondary N) is 2. The number of nitrogens with zero attached hydrogens (tertiary/aromatic N) is 3. The van der Waals surface area contributed by atoms with Crippen molar-refractivity contribution in [1.82, 2.24) is 10.6 Å². The number of fused-ring (bicyclic) bond motifs is 6. The maximum absolute atomic E-state index is 6.83. The van der Waals surface area contributed by atoms with Crippen LogP contribution in [-0.4, -0.2) is 24.2 Å². The van der Waals surface area contributed by atoms with E-state index in [2.05, 4.69) is 210 Å². The van der Waals surface area contributed by atoms with E-state index in [1.807, 2.05) is 0 Å². The molecular formula is C53H49N5. The number of amidine groups is 1. The fourth-order valence-electron chi connectivity index (χ4n) is 10.3. The first-order valence-corrected chi connectivity index (χ1v) is 20.8. The van der Waals surface area contributed by atoms with Gasteiger partial charge in [0.1, 0.15) is 17.7 Å². The SMILES string of the molecule is C#CC1=C(/C=C\C)C2C(c3ccccc3N1C1N=C(C3=CCC4C=CC=CC4(C)C3)NC(c3ccccc3)N1)c1ccccc1N2C1C=C(c2ccccc2)C=CC1. The van der Waals surface area contributed by atoms with E-state index in [-0.39, 0.29) is 29.6 Å². The first kappa shape index (κ1) is 36.0. The van der Waals surface area contributed by atoms with Crippen molar-refractivity contribution in [2.45, 2.75) is 63.6 Å². The zero-order valence-corrected chi connectivity index (χ0v) is 33.2. The Morgan fingerprint density at radius 3 is 2.36 bits per heavy atom. The molecule has 7 atom stereocenters. The molecule has 5 nitrogen and oxygen atoms in total. The highest BCUT2D eigenvalue weighted by molar-refractivity contribution is 5.99. The molecule has 4 aromatic carbocycles. The second kappa shape index (κ2) is 14.9. The molecule has 5 heteroatoms. The van der Waals surface area contributed by atoms with Crippen molar-refractivity contribution in [2.75, 3.05) is 9.80 Å². The van der Waals surface area contributed by atoms with Crippen molar-refractivity contribution in [3.63, 3.8) is 0 Å². The average molecular weight is 756 g/mol. The molecule has 0 spiro atoms. The predicted molar refractivity (Wildman–Crippen MR) is 240 cm³/mol. The van der Waals surface area contributed by atoms with E-state index in [0.717, 1.165) is 47.6 Å². The maximum atomic E-state index is 6.83. The first-order chi connectivity index (χ1) is 28.5. The molecule has 0 bridgehead atoms. The Bertz CT molecular complexity index is 2530. The van der Waals surface area contributed by atoms with E-state index in [4.69, 9.17) is 11.4 Å². The molecule has 3 aliphatic carbocycles.